The van der Waals surface area contributed by atoms with Gasteiger partial charge in [-0.2, -0.15) is 0 Å². The lowest BCUT2D eigenvalue weighted by molar-refractivity contribution is -0.00379. The Balaban J connectivity index is 2.19. The summed E-state index contributed by atoms with van der Waals surface area (Å²) in [5.41, 5.74) is 7.15. The fourth-order valence-electron chi connectivity index (χ4n) is 1.73. The Morgan fingerprint density at radius 3 is 2.59 bits per heavy atom. The zero-order chi connectivity index (χ0) is 12.5. The van der Waals surface area contributed by atoms with E-state index in [9.17, 15) is 0 Å². The van der Waals surface area contributed by atoms with Gasteiger partial charge in [-0.3, -0.25) is 0 Å². The monoisotopic (exact) mass is 237 g/mol. The average Bonchev–Trinajstić information content (AvgIpc) is 2.39. The van der Waals surface area contributed by atoms with Crippen molar-refractivity contribution in [2.45, 2.75) is 38.3 Å². The molecular formula is C14H23NO2. The van der Waals surface area contributed by atoms with Crippen molar-refractivity contribution in [2.75, 3.05) is 13.2 Å². The van der Waals surface area contributed by atoms with Gasteiger partial charge >= 0.3 is 0 Å². The van der Waals surface area contributed by atoms with Crippen LogP contribution in [0.1, 0.15) is 25.3 Å². The van der Waals surface area contributed by atoms with Gasteiger partial charge in [0.05, 0.1) is 12.7 Å². The first kappa shape index (κ1) is 14.2. The maximum absolute atomic E-state index is 9.14. The zero-order valence-electron chi connectivity index (χ0n) is 10.5. The van der Waals surface area contributed by atoms with E-state index in [2.05, 4.69) is 12.1 Å². The van der Waals surface area contributed by atoms with Gasteiger partial charge in [-0.15, -0.1) is 0 Å². The fraction of sp³-hybridized carbons (Fsp3) is 0.571. The molecule has 3 heteroatoms. The number of hydrogen-bond donors (Lipinski definition) is 2. The van der Waals surface area contributed by atoms with Gasteiger partial charge in [0, 0.05) is 12.6 Å². The summed E-state index contributed by atoms with van der Waals surface area (Å²) in [6.07, 6.45) is 2.55. The van der Waals surface area contributed by atoms with Crippen LogP contribution < -0.4 is 5.73 Å². The SMILES string of the molecule is CCC(N)C(CO)OCCCc1ccccc1. The van der Waals surface area contributed by atoms with E-state index in [4.69, 9.17) is 15.6 Å². The molecule has 96 valence electrons. The summed E-state index contributed by atoms with van der Waals surface area (Å²) < 4.78 is 5.59. The number of hydrogen-bond acceptors (Lipinski definition) is 3. The molecule has 1 rings (SSSR count). The maximum atomic E-state index is 9.14. The highest BCUT2D eigenvalue weighted by atomic mass is 16.5. The van der Waals surface area contributed by atoms with Crippen molar-refractivity contribution in [3.8, 4) is 0 Å². The highest BCUT2D eigenvalue weighted by Gasteiger charge is 2.15. The van der Waals surface area contributed by atoms with Crippen LogP contribution in [0.3, 0.4) is 0 Å². The van der Waals surface area contributed by atoms with Gasteiger partial charge in [0.25, 0.3) is 0 Å². The zero-order valence-corrected chi connectivity index (χ0v) is 10.5. The molecule has 0 radical (unpaired) electrons. The Labute approximate surface area is 104 Å². The van der Waals surface area contributed by atoms with Crippen molar-refractivity contribution in [3.05, 3.63) is 35.9 Å². The van der Waals surface area contributed by atoms with Crippen LogP contribution in [-0.4, -0.2) is 30.5 Å². The second-order valence-corrected chi connectivity index (χ2v) is 4.25. The first-order valence-electron chi connectivity index (χ1n) is 6.30. The van der Waals surface area contributed by atoms with Crippen LogP contribution in [-0.2, 0) is 11.2 Å². The Morgan fingerprint density at radius 1 is 1.29 bits per heavy atom. The number of benzene rings is 1. The minimum atomic E-state index is -0.226. The average molecular weight is 237 g/mol. The molecular weight excluding hydrogens is 214 g/mol. The second kappa shape index (κ2) is 8.23. The summed E-state index contributed by atoms with van der Waals surface area (Å²) in [4.78, 5) is 0. The predicted octanol–water partition coefficient (Wildman–Crippen LogP) is 1.73. The van der Waals surface area contributed by atoms with Gasteiger partial charge in [-0.1, -0.05) is 37.3 Å². The quantitative estimate of drug-likeness (QED) is 0.677. The molecule has 0 spiro atoms. The number of nitrogens with two attached hydrogens (primary N) is 1. The Bertz CT molecular complexity index is 290. The minimum absolute atomic E-state index is 0.000341. The van der Waals surface area contributed by atoms with Crippen molar-refractivity contribution >= 4 is 0 Å². The van der Waals surface area contributed by atoms with Crippen molar-refractivity contribution in [2.24, 2.45) is 5.73 Å². The van der Waals surface area contributed by atoms with Crippen LogP contribution in [0.25, 0.3) is 0 Å². The molecule has 17 heavy (non-hydrogen) atoms. The van der Waals surface area contributed by atoms with Gasteiger partial charge in [-0.25, -0.2) is 0 Å². The molecule has 0 bridgehead atoms. The van der Waals surface area contributed by atoms with E-state index in [1.54, 1.807) is 0 Å². The number of aliphatic hydroxyl groups is 1. The first-order chi connectivity index (χ1) is 8.27. The topological polar surface area (TPSA) is 55.5 Å². The number of aryl methyl sites for hydroxylation is 1. The summed E-state index contributed by atoms with van der Waals surface area (Å²) in [5.74, 6) is 0. The Morgan fingerprint density at radius 2 is 2.00 bits per heavy atom. The molecule has 0 saturated carbocycles. The molecule has 1 aromatic rings. The molecule has 0 amide bonds. The van der Waals surface area contributed by atoms with E-state index in [1.807, 2.05) is 25.1 Å². The third kappa shape index (κ3) is 5.31. The van der Waals surface area contributed by atoms with Crippen molar-refractivity contribution in [3.63, 3.8) is 0 Å². The molecule has 2 atom stereocenters. The molecule has 0 aromatic heterocycles. The van der Waals surface area contributed by atoms with E-state index in [0.717, 1.165) is 19.3 Å². The molecule has 0 heterocycles. The standard InChI is InChI=1S/C14H23NO2/c1-2-13(15)14(11-16)17-10-6-9-12-7-4-3-5-8-12/h3-5,7-8,13-14,16H,2,6,9-11,15H2,1H3. The summed E-state index contributed by atoms with van der Waals surface area (Å²) in [5, 5.41) is 9.14. The summed E-state index contributed by atoms with van der Waals surface area (Å²) in [6, 6.07) is 10.3. The first-order valence-corrected chi connectivity index (χ1v) is 6.30. The van der Waals surface area contributed by atoms with Crippen LogP contribution in [0.2, 0.25) is 0 Å². The van der Waals surface area contributed by atoms with E-state index in [0.29, 0.717) is 6.61 Å². The lowest BCUT2D eigenvalue weighted by Gasteiger charge is -2.21. The van der Waals surface area contributed by atoms with Gasteiger partial charge in [0.2, 0.25) is 0 Å². The highest BCUT2D eigenvalue weighted by molar-refractivity contribution is 5.14. The van der Waals surface area contributed by atoms with Crippen molar-refractivity contribution in [1.29, 1.82) is 0 Å². The van der Waals surface area contributed by atoms with Crippen LogP contribution in [0.15, 0.2) is 30.3 Å². The van der Waals surface area contributed by atoms with Crippen molar-refractivity contribution in [1.82, 2.24) is 0 Å². The summed E-state index contributed by atoms with van der Waals surface area (Å²) >= 11 is 0. The predicted molar refractivity (Wildman–Crippen MR) is 69.9 cm³/mol. The third-order valence-corrected chi connectivity index (χ3v) is 2.91. The maximum Gasteiger partial charge on any atom is 0.0955 e. The smallest absolute Gasteiger partial charge is 0.0955 e. The van der Waals surface area contributed by atoms with Crippen LogP contribution in [0, 0.1) is 0 Å². The van der Waals surface area contributed by atoms with Gasteiger partial charge in [0.15, 0.2) is 0 Å². The summed E-state index contributed by atoms with van der Waals surface area (Å²) in [6.45, 7) is 2.65. The number of rotatable bonds is 8. The Kier molecular flexibility index (Phi) is 6.86. The van der Waals surface area contributed by atoms with Crippen LogP contribution >= 0.6 is 0 Å². The van der Waals surface area contributed by atoms with Crippen LogP contribution in [0.4, 0.5) is 0 Å². The third-order valence-electron chi connectivity index (χ3n) is 2.91. The molecule has 3 N–H and O–H groups in total. The molecule has 3 nitrogen and oxygen atoms in total. The van der Waals surface area contributed by atoms with E-state index in [-0.39, 0.29) is 18.8 Å². The molecule has 1 aromatic carbocycles. The molecule has 0 aliphatic heterocycles. The van der Waals surface area contributed by atoms with Crippen molar-refractivity contribution < 1.29 is 9.84 Å². The lowest BCUT2D eigenvalue weighted by Crippen LogP contribution is -2.39. The van der Waals surface area contributed by atoms with Crippen LogP contribution in [0.5, 0.6) is 0 Å². The minimum Gasteiger partial charge on any atom is -0.394 e. The van der Waals surface area contributed by atoms with E-state index in [1.165, 1.54) is 5.56 Å². The fourth-order valence-corrected chi connectivity index (χ4v) is 1.73. The molecule has 0 saturated heterocycles. The van der Waals surface area contributed by atoms with Gasteiger partial charge < -0.3 is 15.6 Å². The number of aliphatic hydroxyl groups excluding tert-OH is 1. The summed E-state index contributed by atoms with van der Waals surface area (Å²) in [7, 11) is 0. The lowest BCUT2D eigenvalue weighted by atomic mass is 10.1. The Hall–Kier alpha value is -0.900. The molecule has 0 fully saturated rings. The van der Waals surface area contributed by atoms with E-state index < -0.39 is 0 Å². The highest BCUT2D eigenvalue weighted by Crippen LogP contribution is 2.05. The largest absolute Gasteiger partial charge is 0.394 e. The second-order valence-electron chi connectivity index (χ2n) is 4.25. The molecule has 0 aliphatic carbocycles. The number of ether oxygens (including phenoxy) is 1. The van der Waals surface area contributed by atoms with E-state index >= 15 is 0 Å². The van der Waals surface area contributed by atoms with Gasteiger partial charge in [-0.05, 0) is 24.8 Å². The van der Waals surface area contributed by atoms with Gasteiger partial charge in [0.1, 0.15) is 0 Å². The normalized spacial score (nSPS) is 14.5. The molecule has 0 aliphatic rings. The molecule has 2 unspecified atom stereocenters.